The topological polar surface area (TPSA) is 58.2 Å². The van der Waals surface area contributed by atoms with Crippen LogP contribution >= 0.6 is 11.6 Å². The fraction of sp³-hybridized carbons (Fsp3) is 0.529. The first-order valence-corrected chi connectivity index (χ1v) is 8.37. The summed E-state index contributed by atoms with van der Waals surface area (Å²) in [4.78, 5) is 23.6. The van der Waals surface area contributed by atoms with Crippen LogP contribution in [-0.4, -0.2) is 11.8 Å². The van der Waals surface area contributed by atoms with Crippen molar-refractivity contribution in [1.82, 2.24) is 10.9 Å². The van der Waals surface area contributed by atoms with E-state index in [1.807, 2.05) is 0 Å². The second-order valence-corrected chi connectivity index (χ2v) is 6.35. The molecule has 1 fully saturated rings. The summed E-state index contributed by atoms with van der Waals surface area (Å²) in [5.74, 6) is 0.275. The molecule has 1 saturated carbocycles. The minimum Gasteiger partial charge on any atom is -0.273 e. The van der Waals surface area contributed by atoms with Crippen LogP contribution in [0.1, 0.15) is 61.7 Å². The van der Waals surface area contributed by atoms with Gasteiger partial charge in [0.1, 0.15) is 0 Å². The molecule has 1 aromatic rings. The molecule has 0 unspecified atom stereocenters. The lowest BCUT2D eigenvalue weighted by Crippen LogP contribution is -2.41. The molecule has 0 heterocycles. The first-order valence-electron chi connectivity index (χ1n) is 8.00. The van der Waals surface area contributed by atoms with Crippen molar-refractivity contribution in [2.75, 3.05) is 0 Å². The van der Waals surface area contributed by atoms with Gasteiger partial charge < -0.3 is 0 Å². The Kier molecular flexibility index (Phi) is 6.72. The van der Waals surface area contributed by atoms with Crippen molar-refractivity contribution in [1.29, 1.82) is 0 Å². The number of amides is 2. The molecule has 0 aliphatic heterocycles. The van der Waals surface area contributed by atoms with Crippen LogP contribution in [-0.2, 0) is 4.79 Å². The van der Waals surface area contributed by atoms with E-state index in [0.29, 0.717) is 17.0 Å². The number of halogens is 1. The van der Waals surface area contributed by atoms with Crippen LogP contribution in [0.15, 0.2) is 24.3 Å². The maximum atomic E-state index is 11.8. The minimum atomic E-state index is -0.358. The highest BCUT2D eigenvalue weighted by molar-refractivity contribution is 6.30. The van der Waals surface area contributed by atoms with Gasteiger partial charge >= 0.3 is 0 Å². The number of rotatable bonds is 5. The summed E-state index contributed by atoms with van der Waals surface area (Å²) in [5.41, 5.74) is 5.30. The van der Waals surface area contributed by atoms with Crippen molar-refractivity contribution >= 4 is 23.4 Å². The lowest BCUT2D eigenvalue weighted by molar-refractivity contribution is -0.122. The third-order valence-corrected chi connectivity index (χ3v) is 4.38. The summed E-state index contributed by atoms with van der Waals surface area (Å²) in [6, 6.07) is 6.61. The zero-order chi connectivity index (χ0) is 15.8. The van der Waals surface area contributed by atoms with Crippen LogP contribution < -0.4 is 10.9 Å². The number of hydrogen-bond acceptors (Lipinski definition) is 2. The lowest BCUT2D eigenvalue weighted by atomic mass is 9.86. The van der Waals surface area contributed by atoms with Gasteiger partial charge in [0.25, 0.3) is 5.91 Å². The van der Waals surface area contributed by atoms with E-state index in [4.69, 9.17) is 11.6 Å². The van der Waals surface area contributed by atoms with Gasteiger partial charge in [-0.2, -0.15) is 0 Å². The van der Waals surface area contributed by atoms with Crippen molar-refractivity contribution in [2.45, 2.75) is 51.4 Å². The normalized spacial score (nSPS) is 15.3. The average Bonchev–Trinajstić information content (AvgIpc) is 2.53. The molecule has 1 aromatic carbocycles. The van der Waals surface area contributed by atoms with E-state index in [1.54, 1.807) is 24.3 Å². The Morgan fingerprint density at radius 2 is 1.91 bits per heavy atom. The fourth-order valence-electron chi connectivity index (χ4n) is 2.92. The molecule has 120 valence electrons. The third kappa shape index (κ3) is 5.68. The van der Waals surface area contributed by atoms with Crippen LogP contribution in [0, 0.1) is 5.92 Å². The van der Waals surface area contributed by atoms with Crippen LogP contribution in [0.3, 0.4) is 0 Å². The van der Waals surface area contributed by atoms with Crippen molar-refractivity contribution in [2.24, 2.45) is 5.92 Å². The zero-order valence-corrected chi connectivity index (χ0v) is 13.5. The summed E-state index contributed by atoms with van der Waals surface area (Å²) in [6.45, 7) is 0. The Morgan fingerprint density at radius 3 is 2.64 bits per heavy atom. The molecule has 1 aliphatic carbocycles. The monoisotopic (exact) mass is 322 g/mol. The molecule has 0 saturated heterocycles. The predicted molar refractivity (Wildman–Crippen MR) is 87.5 cm³/mol. The summed E-state index contributed by atoms with van der Waals surface area (Å²) in [7, 11) is 0. The van der Waals surface area contributed by atoms with Gasteiger partial charge in [0.05, 0.1) is 0 Å². The maximum Gasteiger partial charge on any atom is 0.269 e. The Bertz CT molecular complexity index is 513. The molecule has 0 radical (unpaired) electrons. The van der Waals surface area contributed by atoms with Crippen molar-refractivity contribution in [3.63, 3.8) is 0 Å². The quantitative estimate of drug-likeness (QED) is 0.809. The van der Waals surface area contributed by atoms with E-state index in [2.05, 4.69) is 10.9 Å². The summed E-state index contributed by atoms with van der Waals surface area (Å²) in [6.07, 6.45) is 9.04. The first kappa shape index (κ1) is 16.8. The van der Waals surface area contributed by atoms with Gasteiger partial charge in [0.2, 0.25) is 5.91 Å². The minimum absolute atomic E-state index is 0.147. The largest absolute Gasteiger partial charge is 0.273 e. The SMILES string of the molecule is O=C(CCCC1CCCCC1)NNC(=O)c1cccc(Cl)c1. The highest BCUT2D eigenvalue weighted by Crippen LogP contribution is 2.27. The number of hydrogen-bond donors (Lipinski definition) is 2. The maximum absolute atomic E-state index is 11.8. The van der Waals surface area contributed by atoms with Crippen LogP contribution in [0.5, 0.6) is 0 Å². The summed E-state index contributed by atoms with van der Waals surface area (Å²) in [5, 5.41) is 0.492. The smallest absolute Gasteiger partial charge is 0.269 e. The second kappa shape index (κ2) is 8.79. The number of carbonyl (C=O) groups is 2. The molecule has 2 amide bonds. The van der Waals surface area contributed by atoms with Crippen molar-refractivity contribution < 1.29 is 9.59 Å². The van der Waals surface area contributed by atoms with Gasteiger partial charge in [0.15, 0.2) is 0 Å². The standard InChI is InChI=1S/C17H23ClN2O2/c18-15-10-5-9-14(12-15)17(22)20-19-16(21)11-4-8-13-6-2-1-3-7-13/h5,9-10,12-13H,1-4,6-8,11H2,(H,19,21)(H,20,22). The Labute approximate surface area is 136 Å². The van der Waals surface area contributed by atoms with Crippen molar-refractivity contribution in [3.8, 4) is 0 Å². The van der Waals surface area contributed by atoms with Gasteiger partial charge in [-0.3, -0.25) is 20.4 Å². The Morgan fingerprint density at radius 1 is 1.14 bits per heavy atom. The van der Waals surface area contributed by atoms with Gasteiger partial charge in [-0.15, -0.1) is 0 Å². The average molecular weight is 323 g/mol. The van der Waals surface area contributed by atoms with Crippen LogP contribution in [0.25, 0.3) is 0 Å². The summed E-state index contributed by atoms with van der Waals surface area (Å²) >= 11 is 5.83. The van der Waals surface area contributed by atoms with E-state index in [0.717, 1.165) is 18.8 Å². The molecule has 22 heavy (non-hydrogen) atoms. The van der Waals surface area contributed by atoms with Crippen LogP contribution in [0.2, 0.25) is 5.02 Å². The van der Waals surface area contributed by atoms with E-state index in [9.17, 15) is 9.59 Å². The first-order chi connectivity index (χ1) is 10.6. The third-order valence-electron chi connectivity index (χ3n) is 4.14. The number of benzene rings is 1. The molecule has 0 bridgehead atoms. The molecule has 4 nitrogen and oxygen atoms in total. The second-order valence-electron chi connectivity index (χ2n) is 5.91. The molecule has 2 rings (SSSR count). The van der Waals surface area contributed by atoms with Gasteiger partial charge in [-0.25, -0.2) is 0 Å². The molecule has 0 atom stereocenters. The van der Waals surface area contributed by atoms with E-state index in [1.165, 1.54) is 32.1 Å². The van der Waals surface area contributed by atoms with Crippen molar-refractivity contribution in [3.05, 3.63) is 34.9 Å². The highest BCUT2D eigenvalue weighted by atomic mass is 35.5. The lowest BCUT2D eigenvalue weighted by Gasteiger charge is -2.21. The van der Waals surface area contributed by atoms with E-state index in [-0.39, 0.29) is 11.8 Å². The Hall–Kier alpha value is -1.55. The predicted octanol–water partition coefficient (Wildman–Crippen LogP) is 3.85. The van der Waals surface area contributed by atoms with Gasteiger partial charge in [-0.1, -0.05) is 49.8 Å². The molecule has 2 N–H and O–H groups in total. The molecule has 1 aliphatic rings. The molecule has 5 heteroatoms. The van der Waals surface area contributed by atoms with E-state index >= 15 is 0 Å². The van der Waals surface area contributed by atoms with Gasteiger partial charge in [0, 0.05) is 17.0 Å². The number of carbonyl (C=O) groups excluding carboxylic acids is 2. The molecule has 0 spiro atoms. The number of hydrazine groups is 1. The molecular formula is C17H23ClN2O2. The zero-order valence-electron chi connectivity index (χ0n) is 12.7. The fourth-order valence-corrected chi connectivity index (χ4v) is 3.11. The van der Waals surface area contributed by atoms with Crippen LogP contribution in [0.4, 0.5) is 0 Å². The molecular weight excluding hydrogens is 300 g/mol. The summed E-state index contributed by atoms with van der Waals surface area (Å²) < 4.78 is 0. The highest BCUT2D eigenvalue weighted by Gasteiger charge is 2.14. The Balaban J connectivity index is 1.63. The van der Waals surface area contributed by atoms with Gasteiger partial charge in [-0.05, 0) is 37.0 Å². The molecule has 0 aromatic heterocycles. The van der Waals surface area contributed by atoms with E-state index < -0.39 is 0 Å². The number of nitrogens with one attached hydrogen (secondary N) is 2.